The molecule has 0 fully saturated rings. The number of fused-ring (bicyclic) bond motifs is 3. The molecule has 0 aliphatic heterocycles. The molecule has 0 atom stereocenters. The molecule has 0 unspecified atom stereocenters. The third kappa shape index (κ3) is 5.55. The van der Waals surface area contributed by atoms with Gasteiger partial charge in [0, 0.05) is 33.3 Å². The van der Waals surface area contributed by atoms with E-state index in [4.69, 9.17) is 30.1 Å². The van der Waals surface area contributed by atoms with E-state index >= 15 is 0 Å². The van der Waals surface area contributed by atoms with Gasteiger partial charge < -0.3 is 10.2 Å². The number of benzene rings is 7. The SMILES string of the molecule is Nc1cccc(-c2cccc(-c3nc(-c4ccccc4)nc(-c4ccc(-c5cccc(-c6nc7ccc8ccccc8c7o6)c5)cc4)n3)c2)c1. The molecule has 2 N–H and O–H groups in total. The lowest BCUT2D eigenvalue weighted by Gasteiger charge is -2.10. The molecule has 7 aromatic carbocycles. The van der Waals surface area contributed by atoms with Crippen molar-refractivity contribution in [3.05, 3.63) is 164 Å². The summed E-state index contributed by atoms with van der Waals surface area (Å²) in [6, 6.07) is 55.0. The fraction of sp³-hybridized carbons (Fsp3) is 0. The number of aromatic nitrogens is 4. The van der Waals surface area contributed by atoms with Crippen molar-refractivity contribution in [1.82, 2.24) is 19.9 Å². The molecule has 0 amide bonds. The predicted octanol–water partition coefficient (Wildman–Crippen LogP) is 10.8. The van der Waals surface area contributed by atoms with Gasteiger partial charge in [0.05, 0.1) is 0 Å². The van der Waals surface area contributed by atoms with E-state index in [-0.39, 0.29) is 0 Å². The molecule has 0 aliphatic rings. The van der Waals surface area contributed by atoms with Crippen LogP contribution in [0.2, 0.25) is 0 Å². The Kier molecular flexibility index (Phi) is 7.17. The fourth-order valence-electron chi connectivity index (χ4n) is 6.33. The number of nitrogens with two attached hydrogens (primary N) is 1. The summed E-state index contributed by atoms with van der Waals surface area (Å²) in [5.74, 6) is 2.41. The van der Waals surface area contributed by atoms with Gasteiger partial charge in [0.15, 0.2) is 23.1 Å². The second-order valence-corrected chi connectivity index (χ2v) is 12.2. The van der Waals surface area contributed by atoms with Crippen molar-refractivity contribution in [2.24, 2.45) is 0 Å². The van der Waals surface area contributed by atoms with Crippen molar-refractivity contribution in [1.29, 1.82) is 0 Å². The molecule has 0 radical (unpaired) electrons. The maximum Gasteiger partial charge on any atom is 0.227 e. The standard InChI is InChI=1S/C44H29N5O/c45-37-17-8-14-34(27-37)33-13-6-15-35(25-33)43-48-41(30-10-2-1-3-11-30)47-42(49-43)31-21-19-28(20-22-31)32-12-7-16-36(26-32)44-46-39-24-23-29-9-4-5-18-38(29)40(39)50-44/h1-27H,45H2. The summed E-state index contributed by atoms with van der Waals surface area (Å²) in [6.07, 6.45) is 0. The first kappa shape index (κ1) is 29.2. The average molecular weight is 644 g/mol. The highest BCUT2D eigenvalue weighted by Gasteiger charge is 2.15. The Hall–Kier alpha value is -6.92. The minimum Gasteiger partial charge on any atom is -0.435 e. The minimum absolute atomic E-state index is 0.598. The van der Waals surface area contributed by atoms with Gasteiger partial charge in [0.1, 0.15) is 5.52 Å². The van der Waals surface area contributed by atoms with Gasteiger partial charge in [0.25, 0.3) is 0 Å². The van der Waals surface area contributed by atoms with Crippen LogP contribution in [0.15, 0.2) is 168 Å². The lowest BCUT2D eigenvalue weighted by atomic mass is 10.0. The zero-order chi connectivity index (χ0) is 33.4. The van der Waals surface area contributed by atoms with Crippen molar-refractivity contribution in [2.45, 2.75) is 0 Å². The van der Waals surface area contributed by atoms with E-state index in [1.165, 1.54) is 0 Å². The number of oxazole rings is 1. The van der Waals surface area contributed by atoms with Gasteiger partial charge in [-0.3, -0.25) is 0 Å². The molecule has 0 spiro atoms. The van der Waals surface area contributed by atoms with E-state index in [1.54, 1.807) is 0 Å². The maximum absolute atomic E-state index is 6.33. The number of hydrogen-bond acceptors (Lipinski definition) is 6. The number of anilines is 1. The maximum atomic E-state index is 6.33. The normalized spacial score (nSPS) is 11.3. The Morgan fingerprint density at radius 3 is 1.68 bits per heavy atom. The molecule has 0 aliphatic carbocycles. The van der Waals surface area contributed by atoms with Gasteiger partial charge in [-0.1, -0.05) is 127 Å². The molecule has 6 nitrogen and oxygen atoms in total. The summed E-state index contributed by atoms with van der Waals surface area (Å²) in [6.45, 7) is 0. The third-order valence-corrected chi connectivity index (χ3v) is 8.87. The van der Waals surface area contributed by atoms with Gasteiger partial charge in [0.2, 0.25) is 5.89 Å². The monoisotopic (exact) mass is 643 g/mol. The molecule has 236 valence electrons. The van der Waals surface area contributed by atoms with Crippen LogP contribution in [0.1, 0.15) is 0 Å². The first-order valence-corrected chi connectivity index (χ1v) is 16.4. The number of rotatable bonds is 6. The summed E-state index contributed by atoms with van der Waals surface area (Å²) < 4.78 is 6.33. The van der Waals surface area contributed by atoms with Crippen LogP contribution < -0.4 is 5.73 Å². The first-order valence-electron chi connectivity index (χ1n) is 16.4. The zero-order valence-electron chi connectivity index (χ0n) is 26.9. The van der Waals surface area contributed by atoms with E-state index in [2.05, 4.69) is 72.8 Å². The fourth-order valence-corrected chi connectivity index (χ4v) is 6.33. The number of hydrogen-bond donors (Lipinski definition) is 1. The molecule has 0 saturated carbocycles. The highest BCUT2D eigenvalue weighted by molar-refractivity contribution is 6.03. The molecule has 2 aromatic heterocycles. The smallest absolute Gasteiger partial charge is 0.227 e. The molecular formula is C44H29N5O. The largest absolute Gasteiger partial charge is 0.435 e. The van der Waals surface area contributed by atoms with E-state index in [0.717, 1.165) is 72.1 Å². The van der Waals surface area contributed by atoms with Crippen LogP contribution >= 0.6 is 0 Å². The van der Waals surface area contributed by atoms with E-state index in [0.29, 0.717) is 23.4 Å². The second kappa shape index (κ2) is 12.3. The summed E-state index contributed by atoms with van der Waals surface area (Å²) in [5, 5.41) is 2.19. The van der Waals surface area contributed by atoms with Crippen LogP contribution in [0.3, 0.4) is 0 Å². The van der Waals surface area contributed by atoms with Gasteiger partial charge in [-0.2, -0.15) is 0 Å². The number of nitrogen functional groups attached to an aromatic ring is 1. The van der Waals surface area contributed by atoms with Gasteiger partial charge in [-0.05, 0) is 64.0 Å². The second-order valence-electron chi connectivity index (χ2n) is 12.2. The van der Waals surface area contributed by atoms with Crippen LogP contribution in [-0.4, -0.2) is 19.9 Å². The minimum atomic E-state index is 0.598. The van der Waals surface area contributed by atoms with E-state index in [1.807, 2.05) is 91.0 Å². The average Bonchev–Trinajstić information content (AvgIpc) is 3.64. The number of nitrogens with zero attached hydrogens (tertiary/aromatic N) is 4. The Labute approximate surface area is 288 Å². The van der Waals surface area contributed by atoms with E-state index in [9.17, 15) is 0 Å². The van der Waals surface area contributed by atoms with E-state index < -0.39 is 0 Å². The molecule has 6 heteroatoms. The predicted molar refractivity (Wildman–Crippen MR) is 202 cm³/mol. The van der Waals surface area contributed by atoms with Crippen molar-refractivity contribution < 1.29 is 4.42 Å². The van der Waals surface area contributed by atoms with Gasteiger partial charge in [-0.15, -0.1) is 0 Å². The summed E-state index contributed by atoms with van der Waals surface area (Å²) in [5.41, 5.74) is 16.3. The van der Waals surface area contributed by atoms with Gasteiger partial charge in [-0.25, -0.2) is 19.9 Å². The molecular weight excluding hydrogens is 615 g/mol. The molecule has 0 saturated heterocycles. The Morgan fingerprint density at radius 2 is 0.920 bits per heavy atom. The Bertz CT molecular complexity index is 2660. The summed E-state index contributed by atoms with van der Waals surface area (Å²) in [7, 11) is 0. The molecule has 2 heterocycles. The highest BCUT2D eigenvalue weighted by atomic mass is 16.3. The van der Waals surface area contributed by atoms with Gasteiger partial charge >= 0.3 is 0 Å². The van der Waals surface area contributed by atoms with Crippen molar-refractivity contribution in [2.75, 3.05) is 5.73 Å². The third-order valence-electron chi connectivity index (χ3n) is 8.87. The van der Waals surface area contributed by atoms with Crippen LogP contribution in [0.5, 0.6) is 0 Å². The van der Waals surface area contributed by atoms with Crippen LogP contribution in [0.4, 0.5) is 5.69 Å². The lowest BCUT2D eigenvalue weighted by Crippen LogP contribution is -2.00. The zero-order valence-corrected chi connectivity index (χ0v) is 26.9. The lowest BCUT2D eigenvalue weighted by molar-refractivity contribution is 0.623. The Morgan fingerprint density at radius 1 is 0.380 bits per heavy atom. The molecule has 50 heavy (non-hydrogen) atoms. The topological polar surface area (TPSA) is 90.7 Å². The Balaban J connectivity index is 1.07. The van der Waals surface area contributed by atoms with Crippen molar-refractivity contribution in [3.63, 3.8) is 0 Å². The molecule has 9 aromatic rings. The van der Waals surface area contributed by atoms with Crippen LogP contribution in [0.25, 0.3) is 89.7 Å². The van der Waals surface area contributed by atoms with Crippen LogP contribution in [0, 0.1) is 0 Å². The van der Waals surface area contributed by atoms with Crippen molar-refractivity contribution >= 4 is 27.6 Å². The van der Waals surface area contributed by atoms with Crippen LogP contribution in [-0.2, 0) is 0 Å². The molecule has 9 rings (SSSR count). The summed E-state index contributed by atoms with van der Waals surface area (Å²) in [4.78, 5) is 19.7. The van der Waals surface area contributed by atoms with Crippen molar-refractivity contribution in [3.8, 4) is 67.9 Å². The summed E-state index contributed by atoms with van der Waals surface area (Å²) >= 11 is 0. The first-order chi connectivity index (χ1) is 24.6. The quantitative estimate of drug-likeness (QED) is 0.181. The molecule has 0 bridgehead atoms. The highest BCUT2D eigenvalue weighted by Crippen LogP contribution is 2.33.